The maximum atomic E-state index is 13.1. The number of alkyl carbamates (subject to hydrolysis) is 1. The number of benzene rings is 1. The number of carbonyl (C=O) groups is 2. The SMILES string of the molecule is COC1(C[C@H](C)OC(=O)NC(C)(C)C)CCC(O)(C(=O)c2cc(C#N)ccc2Br)CC1. The average Bonchev–Trinajstić information content (AvgIpc) is 2.68. The topological polar surface area (TPSA) is 109 Å². The van der Waals surface area contributed by atoms with Crippen LogP contribution in [-0.4, -0.2) is 46.9 Å². The van der Waals surface area contributed by atoms with Gasteiger partial charge in [-0.15, -0.1) is 0 Å². The Balaban J connectivity index is 2.06. The van der Waals surface area contributed by atoms with E-state index in [9.17, 15) is 14.7 Å². The van der Waals surface area contributed by atoms with Crippen molar-refractivity contribution in [3.05, 3.63) is 33.8 Å². The largest absolute Gasteiger partial charge is 0.446 e. The van der Waals surface area contributed by atoms with Crippen molar-refractivity contribution in [3.8, 4) is 6.07 Å². The summed E-state index contributed by atoms with van der Waals surface area (Å²) in [6.45, 7) is 7.43. The predicted molar refractivity (Wildman–Crippen MR) is 120 cm³/mol. The van der Waals surface area contributed by atoms with Gasteiger partial charge in [0, 0.05) is 29.1 Å². The van der Waals surface area contributed by atoms with Gasteiger partial charge in [-0.3, -0.25) is 4.79 Å². The summed E-state index contributed by atoms with van der Waals surface area (Å²) >= 11 is 3.34. The highest BCUT2D eigenvalue weighted by molar-refractivity contribution is 9.10. The first-order chi connectivity index (χ1) is 14.3. The quantitative estimate of drug-likeness (QED) is 0.563. The summed E-state index contributed by atoms with van der Waals surface area (Å²) in [5.41, 5.74) is -1.88. The zero-order chi connectivity index (χ0) is 23.4. The second-order valence-corrected chi connectivity index (χ2v) is 10.2. The third-order valence-corrected chi connectivity index (χ3v) is 6.32. The number of hydrogen-bond donors (Lipinski definition) is 2. The highest BCUT2D eigenvalue weighted by atomic mass is 79.9. The van der Waals surface area contributed by atoms with Gasteiger partial charge in [0.15, 0.2) is 5.78 Å². The molecule has 2 N–H and O–H groups in total. The number of ketones is 1. The van der Waals surface area contributed by atoms with Crippen LogP contribution in [0.4, 0.5) is 4.79 Å². The second-order valence-electron chi connectivity index (χ2n) is 9.35. The molecule has 1 amide bonds. The molecule has 1 aromatic carbocycles. The van der Waals surface area contributed by atoms with Crippen molar-refractivity contribution in [3.63, 3.8) is 0 Å². The maximum Gasteiger partial charge on any atom is 0.407 e. The second kappa shape index (κ2) is 9.68. The van der Waals surface area contributed by atoms with Crippen LogP contribution in [0.1, 0.15) is 75.7 Å². The van der Waals surface area contributed by atoms with E-state index >= 15 is 0 Å². The van der Waals surface area contributed by atoms with Crippen LogP contribution in [-0.2, 0) is 9.47 Å². The van der Waals surface area contributed by atoms with Gasteiger partial charge in [0.2, 0.25) is 0 Å². The van der Waals surface area contributed by atoms with E-state index in [4.69, 9.17) is 14.7 Å². The van der Waals surface area contributed by atoms with Crippen molar-refractivity contribution >= 4 is 27.8 Å². The Labute approximate surface area is 192 Å². The molecule has 0 heterocycles. The molecule has 0 aromatic heterocycles. The Bertz CT molecular complexity index is 864. The van der Waals surface area contributed by atoms with Crippen LogP contribution in [0, 0.1) is 11.3 Å². The first-order valence-corrected chi connectivity index (χ1v) is 11.1. The monoisotopic (exact) mass is 494 g/mol. The number of Topliss-reactive ketones (excluding diaryl/α,β-unsaturated/α-hetero) is 1. The van der Waals surface area contributed by atoms with E-state index < -0.39 is 34.7 Å². The van der Waals surface area contributed by atoms with E-state index in [1.54, 1.807) is 26.2 Å². The molecule has 170 valence electrons. The van der Waals surface area contributed by atoms with Crippen molar-refractivity contribution < 1.29 is 24.2 Å². The van der Waals surface area contributed by atoms with E-state index in [1.165, 1.54) is 6.07 Å². The van der Waals surface area contributed by atoms with Gasteiger partial charge < -0.3 is 19.9 Å². The lowest BCUT2D eigenvalue weighted by molar-refractivity contribution is -0.104. The van der Waals surface area contributed by atoms with Crippen LogP contribution >= 0.6 is 15.9 Å². The molecular weight excluding hydrogens is 464 g/mol. The molecule has 8 heteroatoms. The number of halogens is 1. The summed E-state index contributed by atoms with van der Waals surface area (Å²) in [6.07, 6.45) is 0.875. The third-order valence-electron chi connectivity index (χ3n) is 5.63. The standard InChI is InChI=1S/C23H31BrN2O5/c1-15(31-20(28)26-21(2,3)4)13-22(30-5)8-10-23(29,11-9-22)19(27)17-12-16(14-25)6-7-18(17)24/h6-7,12,15,29H,8-11,13H2,1-5H3,(H,26,28)/t15-,22?,23?/m0/s1. The van der Waals surface area contributed by atoms with Gasteiger partial charge in [-0.1, -0.05) is 15.9 Å². The summed E-state index contributed by atoms with van der Waals surface area (Å²) in [6, 6.07) is 6.76. The van der Waals surface area contributed by atoms with Gasteiger partial charge in [-0.25, -0.2) is 4.79 Å². The van der Waals surface area contributed by atoms with Gasteiger partial charge in [0.1, 0.15) is 11.7 Å². The molecule has 0 spiro atoms. The molecule has 1 aliphatic carbocycles. The summed E-state index contributed by atoms with van der Waals surface area (Å²) in [5.74, 6) is -0.407. The number of nitrogens with zero attached hydrogens (tertiary/aromatic N) is 1. The predicted octanol–water partition coefficient (Wildman–Crippen LogP) is 4.50. The fourth-order valence-electron chi connectivity index (χ4n) is 3.94. The van der Waals surface area contributed by atoms with Crippen LogP contribution in [0.2, 0.25) is 0 Å². The van der Waals surface area contributed by atoms with E-state index in [1.807, 2.05) is 26.8 Å². The zero-order valence-electron chi connectivity index (χ0n) is 18.8. The van der Waals surface area contributed by atoms with Crippen LogP contribution in [0.3, 0.4) is 0 Å². The molecule has 1 fully saturated rings. The number of aliphatic hydroxyl groups is 1. The van der Waals surface area contributed by atoms with Gasteiger partial charge in [0.05, 0.1) is 17.2 Å². The van der Waals surface area contributed by atoms with Gasteiger partial charge in [-0.2, -0.15) is 5.26 Å². The molecule has 0 unspecified atom stereocenters. The van der Waals surface area contributed by atoms with E-state index in [-0.39, 0.29) is 12.8 Å². The fourth-order valence-corrected chi connectivity index (χ4v) is 4.37. The van der Waals surface area contributed by atoms with Crippen LogP contribution in [0.15, 0.2) is 22.7 Å². The minimum Gasteiger partial charge on any atom is -0.446 e. The molecular formula is C23H31BrN2O5. The zero-order valence-corrected chi connectivity index (χ0v) is 20.3. The Morgan fingerprint density at radius 3 is 2.42 bits per heavy atom. The van der Waals surface area contributed by atoms with Crippen LogP contribution in [0.25, 0.3) is 0 Å². The Morgan fingerprint density at radius 1 is 1.29 bits per heavy atom. The minimum atomic E-state index is -1.54. The highest BCUT2D eigenvalue weighted by Crippen LogP contribution is 2.42. The van der Waals surface area contributed by atoms with Crippen molar-refractivity contribution in [1.82, 2.24) is 5.32 Å². The number of amides is 1. The summed E-state index contributed by atoms with van der Waals surface area (Å²) < 4.78 is 11.8. The third kappa shape index (κ3) is 6.52. The Kier molecular flexibility index (Phi) is 7.90. The first-order valence-electron chi connectivity index (χ1n) is 10.3. The van der Waals surface area contributed by atoms with Gasteiger partial charge in [0.25, 0.3) is 0 Å². The molecule has 0 saturated heterocycles. The molecule has 7 nitrogen and oxygen atoms in total. The number of rotatable bonds is 6. The molecule has 31 heavy (non-hydrogen) atoms. The van der Waals surface area contributed by atoms with Crippen molar-refractivity contribution in [2.45, 2.75) is 82.6 Å². The van der Waals surface area contributed by atoms with Crippen LogP contribution < -0.4 is 5.32 Å². The fraction of sp³-hybridized carbons (Fsp3) is 0.609. The number of nitriles is 1. The summed E-state index contributed by atoms with van der Waals surface area (Å²) in [4.78, 5) is 25.2. The lowest BCUT2D eigenvalue weighted by atomic mass is 9.71. The molecule has 1 aromatic rings. The number of ether oxygens (including phenoxy) is 2. The molecule has 2 rings (SSSR count). The van der Waals surface area contributed by atoms with Crippen LogP contribution in [0.5, 0.6) is 0 Å². The normalized spacial score (nSPS) is 24.7. The number of carbonyl (C=O) groups excluding carboxylic acids is 2. The average molecular weight is 495 g/mol. The molecule has 1 saturated carbocycles. The molecule has 0 aliphatic heterocycles. The van der Waals surface area contributed by atoms with E-state index in [0.717, 1.165) is 0 Å². The lowest BCUT2D eigenvalue weighted by Crippen LogP contribution is -2.50. The molecule has 1 atom stereocenters. The van der Waals surface area contributed by atoms with Gasteiger partial charge in [-0.05, 0) is 71.6 Å². The smallest absolute Gasteiger partial charge is 0.407 e. The molecule has 0 radical (unpaired) electrons. The molecule has 1 aliphatic rings. The number of nitrogens with one attached hydrogen (secondary N) is 1. The van der Waals surface area contributed by atoms with Crippen molar-refractivity contribution in [2.75, 3.05) is 7.11 Å². The maximum absolute atomic E-state index is 13.1. The summed E-state index contributed by atoms with van der Waals surface area (Å²) in [5, 5.41) is 23.0. The molecule has 0 bridgehead atoms. The summed E-state index contributed by atoms with van der Waals surface area (Å²) in [7, 11) is 1.60. The van der Waals surface area contributed by atoms with Gasteiger partial charge >= 0.3 is 6.09 Å². The lowest BCUT2D eigenvalue weighted by Gasteiger charge is -2.43. The number of hydrogen-bond acceptors (Lipinski definition) is 6. The number of methoxy groups -OCH3 is 1. The Hall–Kier alpha value is -1.95. The first kappa shape index (κ1) is 25.3. The van der Waals surface area contributed by atoms with E-state index in [2.05, 4.69) is 21.2 Å². The van der Waals surface area contributed by atoms with Crippen molar-refractivity contribution in [1.29, 1.82) is 5.26 Å². The Morgan fingerprint density at radius 2 is 1.90 bits per heavy atom. The highest BCUT2D eigenvalue weighted by Gasteiger charge is 2.47. The van der Waals surface area contributed by atoms with Crippen molar-refractivity contribution in [2.24, 2.45) is 0 Å². The minimum absolute atomic E-state index is 0.212. The van der Waals surface area contributed by atoms with E-state index in [0.29, 0.717) is 34.9 Å².